The second-order valence-corrected chi connectivity index (χ2v) is 13.7. The van der Waals surface area contributed by atoms with Crippen LogP contribution in [0.2, 0.25) is 10.0 Å². The maximum atomic E-state index is 14.0. The number of hydrogen-bond acceptors (Lipinski definition) is 5. The van der Waals surface area contributed by atoms with E-state index in [9.17, 15) is 23.1 Å². The van der Waals surface area contributed by atoms with Gasteiger partial charge in [0.25, 0.3) is 5.91 Å². The second kappa shape index (κ2) is 12.3. The molecule has 3 aromatic carbocycles. The third-order valence-corrected chi connectivity index (χ3v) is 10.8. The molecule has 1 heterocycles. The number of carboxylic acids is 1. The lowest BCUT2D eigenvalue weighted by Gasteiger charge is -2.48. The van der Waals surface area contributed by atoms with Gasteiger partial charge in [-0.3, -0.25) is 9.59 Å². The van der Waals surface area contributed by atoms with E-state index in [1.165, 1.54) is 0 Å². The third kappa shape index (κ3) is 6.07. The summed E-state index contributed by atoms with van der Waals surface area (Å²) in [5.74, 6) is -1.71. The molecule has 0 unspecified atom stereocenters. The van der Waals surface area contributed by atoms with Crippen LogP contribution in [0.5, 0.6) is 0 Å². The Labute approximate surface area is 255 Å². The Hall–Kier alpha value is -2.95. The molecule has 8 nitrogen and oxygen atoms in total. The summed E-state index contributed by atoms with van der Waals surface area (Å²) < 4.78 is 35.4. The number of rotatable bonds is 11. The van der Waals surface area contributed by atoms with Gasteiger partial charge < -0.3 is 14.7 Å². The van der Waals surface area contributed by atoms with E-state index in [-0.39, 0.29) is 6.54 Å². The van der Waals surface area contributed by atoms with E-state index in [4.69, 9.17) is 27.9 Å². The van der Waals surface area contributed by atoms with Gasteiger partial charge in [0.2, 0.25) is 10.0 Å². The van der Waals surface area contributed by atoms with Crippen LogP contribution in [0.4, 0.5) is 0 Å². The van der Waals surface area contributed by atoms with Crippen molar-refractivity contribution in [3.8, 4) is 0 Å². The van der Waals surface area contributed by atoms with Crippen molar-refractivity contribution in [1.29, 1.82) is 0 Å². The summed E-state index contributed by atoms with van der Waals surface area (Å²) in [7, 11) is -3.80. The SMILES string of the molecule is CC[C@@H](CNS(=O)(=O)C1(c2ccccc2)CC1)N1C(=O)[C@H](CC(=O)O)O[C@H](c2cccc(Cl)c2)[C@H]1c1ccc(Cl)cc1. The normalized spacial score (nSPS) is 22.5. The van der Waals surface area contributed by atoms with Gasteiger partial charge >= 0.3 is 5.97 Å². The monoisotopic (exact) mass is 630 g/mol. The van der Waals surface area contributed by atoms with Crippen molar-refractivity contribution in [2.75, 3.05) is 6.54 Å². The Morgan fingerprint density at radius 3 is 2.31 bits per heavy atom. The molecule has 0 aromatic heterocycles. The second-order valence-electron chi connectivity index (χ2n) is 10.7. The molecule has 1 saturated heterocycles. The van der Waals surface area contributed by atoms with Crippen molar-refractivity contribution in [2.24, 2.45) is 0 Å². The lowest BCUT2D eigenvalue weighted by atomic mass is 9.89. The van der Waals surface area contributed by atoms with E-state index in [1.807, 2.05) is 43.3 Å². The Morgan fingerprint density at radius 2 is 1.71 bits per heavy atom. The molecule has 5 rings (SSSR count). The maximum absolute atomic E-state index is 14.0. The van der Waals surface area contributed by atoms with Crippen LogP contribution in [0.1, 0.15) is 61.4 Å². The molecule has 0 radical (unpaired) electrons. The van der Waals surface area contributed by atoms with Gasteiger partial charge in [0.15, 0.2) is 0 Å². The van der Waals surface area contributed by atoms with Crippen molar-refractivity contribution in [3.63, 3.8) is 0 Å². The number of morpholine rings is 1. The van der Waals surface area contributed by atoms with Gasteiger partial charge in [-0.2, -0.15) is 0 Å². The lowest BCUT2D eigenvalue weighted by Crippen LogP contribution is -2.57. The number of carboxylic acid groups (broad SMARTS) is 1. The zero-order chi connectivity index (χ0) is 30.1. The van der Waals surface area contributed by atoms with E-state index < -0.39 is 57.4 Å². The van der Waals surface area contributed by atoms with Crippen molar-refractivity contribution in [2.45, 2.75) is 61.6 Å². The Kier molecular flexibility index (Phi) is 8.97. The molecule has 42 heavy (non-hydrogen) atoms. The molecule has 222 valence electrons. The Balaban J connectivity index is 1.53. The van der Waals surface area contributed by atoms with Gasteiger partial charge in [0.05, 0.1) is 12.5 Å². The standard InChI is InChI=1S/C31H32Cl2N2O6S/c1-2-25(19-34-42(39,40)31(15-16-31)22-8-4-3-5-9-22)35-28(20-11-13-23(32)14-12-20)29(21-7-6-10-24(33)17-21)41-26(30(35)38)18-27(36)37/h3-14,17,25-26,28-29,34H,2,15-16,18-19H2,1H3,(H,36,37)/t25-,26-,28+,29+/m0/s1. The first kappa shape index (κ1) is 30.5. The van der Waals surface area contributed by atoms with Crippen LogP contribution in [-0.2, 0) is 29.1 Å². The van der Waals surface area contributed by atoms with Crippen molar-refractivity contribution in [1.82, 2.24) is 9.62 Å². The number of ether oxygens (including phenoxy) is 1. The average Bonchev–Trinajstić information content (AvgIpc) is 3.79. The minimum absolute atomic E-state index is 0.0503. The lowest BCUT2D eigenvalue weighted by molar-refractivity contribution is -0.183. The van der Waals surface area contributed by atoms with Gasteiger partial charge in [-0.05, 0) is 60.2 Å². The molecule has 1 aliphatic heterocycles. The zero-order valence-electron chi connectivity index (χ0n) is 23.0. The van der Waals surface area contributed by atoms with E-state index in [1.54, 1.807) is 47.4 Å². The van der Waals surface area contributed by atoms with Gasteiger partial charge in [0, 0.05) is 22.6 Å². The summed E-state index contributed by atoms with van der Waals surface area (Å²) in [4.78, 5) is 27.4. The molecule has 4 atom stereocenters. The number of nitrogens with zero attached hydrogens (tertiary/aromatic N) is 1. The molecule has 1 amide bonds. The van der Waals surface area contributed by atoms with Crippen LogP contribution in [0.15, 0.2) is 78.9 Å². The molecule has 0 bridgehead atoms. The highest BCUT2D eigenvalue weighted by Gasteiger charge is 2.56. The summed E-state index contributed by atoms with van der Waals surface area (Å²) in [6.07, 6.45) is -1.19. The highest BCUT2D eigenvalue weighted by molar-refractivity contribution is 7.90. The molecule has 11 heteroatoms. The number of halogens is 2. The van der Waals surface area contributed by atoms with E-state index >= 15 is 0 Å². The van der Waals surface area contributed by atoms with Crippen molar-refractivity contribution < 1.29 is 27.9 Å². The predicted octanol–water partition coefficient (Wildman–Crippen LogP) is 5.87. The fourth-order valence-electron chi connectivity index (χ4n) is 5.75. The van der Waals surface area contributed by atoms with E-state index in [0.29, 0.717) is 40.4 Å². The van der Waals surface area contributed by atoms with Crippen LogP contribution in [0, 0.1) is 0 Å². The van der Waals surface area contributed by atoms with Crippen LogP contribution < -0.4 is 4.72 Å². The molecule has 1 saturated carbocycles. The maximum Gasteiger partial charge on any atom is 0.306 e. The number of nitrogens with one attached hydrogen (secondary N) is 1. The smallest absolute Gasteiger partial charge is 0.306 e. The minimum Gasteiger partial charge on any atom is -0.481 e. The number of carbonyl (C=O) groups excluding carboxylic acids is 1. The molecular formula is C31H32Cl2N2O6S. The summed E-state index contributed by atoms with van der Waals surface area (Å²) in [6.45, 7) is 1.82. The molecule has 3 aromatic rings. The van der Waals surface area contributed by atoms with Crippen LogP contribution in [-0.4, -0.2) is 49.0 Å². The summed E-state index contributed by atoms with van der Waals surface area (Å²) in [6, 6.07) is 21.8. The molecule has 2 fully saturated rings. The number of sulfonamides is 1. The Bertz CT molecular complexity index is 1550. The van der Waals surface area contributed by atoms with Gasteiger partial charge in [-0.1, -0.05) is 84.7 Å². The number of carbonyl (C=O) groups is 2. The molecular weight excluding hydrogens is 599 g/mol. The van der Waals surface area contributed by atoms with E-state index in [2.05, 4.69) is 4.72 Å². The summed E-state index contributed by atoms with van der Waals surface area (Å²) in [5, 5.41) is 10.6. The first-order valence-electron chi connectivity index (χ1n) is 13.8. The van der Waals surface area contributed by atoms with E-state index in [0.717, 1.165) is 5.56 Å². The fourth-order valence-corrected chi connectivity index (χ4v) is 7.85. The minimum atomic E-state index is -3.80. The molecule has 2 N–H and O–H groups in total. The third-order valence-electron chi connectivity index (χ3n) is 8.07. The highest BCUT2D eigenvalue weighted by Crippen LogP contribution is 2.52. The summed E-state index contributed by atoms with van der Waals surface area (Å²) in [5.41, 5.74) is 2.09. The topological polar surface area (TPSA) is 113 Å². The van der Waals surface area contributed by atoms with Crippen molar-refractivity contribution >= 4 is 45.1 Å². The molecule has 0 spiro atoms. The van der Waals surface area contributed by atoms with Gasteiger partial charge in [-0.15, -0.1) is 0 Å². The largest absolute Gasteiger partial charge is 0.481 e. The van der Waals surface area contributed by atoms with Crippen LogP contribution in [0.25, 0.3) is 0 Å². The molecule has 2 aliphatic rings. The summed E-state index contributed by atoms with van der Waals surface area (Å²) >= 11 is 12.5. The zero-order valence-corrected chi connectivity index (χ0v) is 25.3. The first-order chi connectivity index (χ1) is 20.1. The number of aliphatic carboxylic acids is 1. The first-order valence-corrected chi connectivity index (χ1v) is 16.1. The van der Waals surface area contributed by atoms with Gasteiger partial charge in [0.1, 0.15) is 17.0 Å². The quantitative estimate of drug-likeness (QED) is 0.274. The Morgan fingerprint density at radius 1 is 1.02 bits per heavy atom. The number of amides is 1. The van der Waals surface area contributed by atoms with Crippen LogP contribution in [0.3, 0.4) is 0 Å². The fraction of sp³-hybridized carbons (Fsp3) is 0.355. The average molecular weight is 632 g/mol. The highest BCUT2D eigenvalue weighted by atomic mass is 35.5. The predicted molar refractivity (Wildman–Crippen MR) is 161 cm³/mol. The van der Waals surface area contributed by atoms with Gasteiger partial charge in [-0.25, -0.2) is 13.1 Å². The van der Waals surface area contributed by atoms with Crippen LogP contribution >= 0.6 is 23.2 Å². The number of benzene rings is 3. The number of hydrogen-bond donors (Lipinski definition) is 2. The molecule has 1 aliphatic carbocycles. The van der Waals surface area contributed by atoms with Crippen molar-refractivity contribution in [3.05, 3.63) is 106 Å².